The van der Waals surface area contributed by atoms with Crippen LogP contribution in [0.15, 0.2) is 16.7 Å². The van der Waals surface area contributed by atoms with Crippen molar-refractivity contribution in [3.8, 4) is 5.75 Å². The number of ether oxygens (including phenoxy) is 1. The summed E-state index contributed by atoms with van der Waals surface area (Å²) in [5, 5.41) is 21.8. The van der Waals surface area contributed by atoms with Gasteiger partial charge in [-0.2, -0.15) is 0 Å². The van der Waals surface area contributed by atoms with E-state index in [4.69, 9.17) is 9.26 Å². The van der Waals surface area contributed by atoms with Gasteiger partial charge in [0.2, 0.25) is 0 Å². The lowest BCUT2D eigenvalue weighted by atomic mass is 9.87. The Morgan fingerprint density at radius 1 is 1.17 bits per heavy atom. The second-order valence-corrected chi connectivity index (χ2v) is 8.85. The number of benzene rings is 1. The summed E-state index contributed by atoms with van der Waals surface area (Å²) < 4.78 is 11.7. The summed E-state index contributed by atoms with van der Waals surface area (Å²) in [6.07, 6.45) is 8.72. The number of hydrogen-bond donors (Lipinski definition) is 3. The van der Waals surface area contributed by atoms with Crippen molar-refractivity contribution >= 4 is 11.0 Å². The van der Waals surface area contributed by atoms with Gasteiger partial charge >= 0.3 is 0 Å². The highest BCUT2D eigenvalue weighted by Gasteiger charge is 2.24. The van der Waals surface area contributed by atoms with Crippen LogP contribution >= 0.6 is 0 Å². The highest BCUT2D eigenvalue weighted by atomic mass is 16.5. The number of nitrogens with one attached hydrogen (secondary N) is 2. The molecule has 0 spiro atoms. The number of aromatic nitrogens is 1. The zero-order valence-corrected chi connectivity index (χ0v) is 18.9. The van der Waals surface area contributed by atoms with Crippen molar-refractivity contribution in [2.45, 2.75) is 64.4 Å². The smallest absolute Gasteiger partial charge is 0.173 e. The van der Waals surface area contributed by atoms with E-state index in [2.05, 4.69) is 21.9 Å². The summed E-state index contributed by atoms with van der Waals surface area (Å²) in [5.41, 5.74) is 2.93. The molecule has 0 amide bonds. The molecular weight excluding hydrogens is 378 g/mol. The lowest BCUT2D eigenvalue weighted by Gasteiger charge is -2.27. The van der Waals surface area contributed by atoms with Gasteiger partial charge in [0.25, 0.3) is 0 Å². The Morgan fingerprint density at radius 2 is 1.90 bits per heavy atom. The number of rotatable bonds is 6. The van der Waals surface area contributed by atoms with Crippen molar-refractivity contribution in [1.82, 2.24) is 15.8 Å². The highest BCUT2D eigenvalue weighted by Crippen LogP contribution is 2.32. The van der Waals surface area contributed by atoms with E-state index >= 15 is 0 Å². The minimum Gasteiger partial charge on any atom is -0.493 e. The number of aliphatic hydroxyl groups is 1. The first-order chi connectivity index (χ1) is 14.6. The lowest BCUT2D eigenvalue weighted by molar-refractivity contribution is 0.0421. The van der Waals surface area contributed by atoms with Crippen molar-refractivity contribution in [2.75, 3.05) is 33.8 Å². The standard InChI is InChI=1S/C22H32N2O3.C2H7N/c1-15-21(26-14-17-4-2-3-5-20(17)25)9-7-18-19(24-27-22(15)18)8-6-16-10-12-23-13-11-16;1-3-2/h7,9,16-17,20,23,25H,2-6,8,10-14H2,1H3;3H,1-2H3. The van der Waals surface area contributed by atoms with E-state index in [1.54, 1.807) is 0 Å². The van der Waals surface area contributed by atoms with Crippen molar-refractivity contribution in [3.05, 3.63) is 23.4 Å². The number of nitrogens with zero attached hydrogens (tertiary/aromatic N) is 1. The molecule has 6 nitrogen and oxygen atoms in total. The largest absolute Gasteiger partial charge is 0.493 e. The molecule has 168 valence electrons. The Labute approximate surface area is 180 Å². The van der Waals surface area contributed by atoms with E-state index in [0.717, 1.165) is 72.7 Å². The molecule has 6 heteroatoms. The first-order valence-electron chi connectivity index (χ1n) is 11.6. The van der Waals surface area contributed by atoms with Gasteiger partial charge < -0.3 is 25.0 Å². The number of aryl methyl sites for hydroxylation is 2. The second-order valence-electron chi connectivity index (χ2n) is 8.85. The van der Waals surface area contributed by atoms with Gasteiger partial charge in [-0.3, -0.25) is 0 Å². The zero-order chi connectivity index (χ0) is 21.3. The lowest BCUT2D eigenvalue weighted by Crippen LogP contribution is -2.29. The predicted octanol–water partition coefficient (Wildman–Crippen LogP) is 3.83. The molecule has 2 atom stereocenters. The SMILES string of the molecule is CNC.Cc1c(OCC2CCCCC2O)ccc2c(CCC3CCNCC3)noc12. The third-order valence-corrected chi connectivity index (χ3v) is 6.48. The summed E-state index contributed by atoms with van der Waals surface area (Å²) in [6, 6.07) is 4.13. The predicted molar refractivity (Wildman–Crippen MR) is 121 cm³/mol. The first kappa shape index (κ1) is 23.0. The summed E-state index contributed by atoms with van der Waals surface area (Å²) in [7, 11) is 3.75. The number of aliphatic hydroxyl groups excluding tert-OH is 1. The van der Waals surface area contributed by atoms with Gasteiger partial charge in [0.1, 0.15) is 5.75 Å². The average molecular weight is 418 g/mol. The van der Waals surface area contributed by atoms with Crippen molar-refractivity contribution < 1.29 is 14.4 Å². The Balaban J connectivity index is 0.000000806. The molecule has 1 aliphatic carbocycles. The molecule has 1 aromatic heterocycles. The molecule has 0 radical (unpaired) electrons. The minimum absolute atomic E-state index is 0.227. The van der Waals surface area contributed by atoms with Crippen LogP contribution in [-0.4, -0.2) is 50.2 Å². The van der Waals surface area contributed by atoms with Crippen LogP contribution in [-0.2, 0) is 6.42 Å². The summed E-state index contributed by atoms with van der Waals surface area (Å²) in [4.78, 5) is 0. The van der Waals surface area contributed by atoms with Gasteiger partial charge in [-0.05, 0) is 90.7 Å². The van der Waals surface area contributed by atoms with Gasteiger partial charge in [-0.15, -0.1) is 0 Å². The van der Waals surface area contributed by atoms with E-state index < -0.39 is 0 Å². The van der Waals surface area contributed by atoms with Crippen LogP contribution in [0.1, 0.15) is 56.2 Å². The topological polar surface area (TPSA) is 79.5 Å². The molecule has 2 unspecified atom stereocenters. The number of hydrogen-bond acceptors (Lipinski definition) is 6. The van der Waals surface area contributed by atoms with Crippen molar-refractivity contribution in [2.24, 2.45) is 11.8 Å². The fourth-order valence-electron chi connectivity index (χ4n) is 4.60. The molecule has 2 heterocycles. The third-order valence-electron chi connectivity index (χ3n) is 6.48. The second kappa shape index (κ2) is 11.7. The molecular formula is C24H39N3O3. The maximum atomic E-state index is 10.1. The van der Waals surface area contributed by atoms with Crippen LogP contribution in [0.3, 0.4) is 0 Å². The Bertz CT molecular complexity index is 770. The molecule has 3 N–H and O–H groups in total. The van der Waals surface area contributed by atoms with E-state index in [1.807, 2.05) is 27.1 Å². The van der Waals surface area contributed by atoms with Crippen LogP contribution in [0.2, 0.25) is 0 Å². The van der Waals surface area contributed by atoms with E-state index in [0.29, 0.717) is 6.61 Å². The molecule has 2 aliphatic rings. The molecule has 4 rings (SSSR count). The molecule has 0 bridgehead atoms. The minimum atomic E-state index is -0.227. The Morgan fingerprint density at radius 3 is 2.63 bits per heavy atom. The number of fused-ring (bicyclic) bond motifs is 1. The van der Waals surface area contributed by atoms with Gasteiger partial charge in [0.15, 0.2) is 5.58 Å². The normalized spacial score (nSPS) is 22.5. The van der Waals surface area contributed by atoms with Gasteiger partial charge in [-0.1, -0.05) is 18.0 Å². The average Bonchev–Trinajstić information content (AvgIpc) is 3.18. The Hall–Kier alpha value is -1.63. The van der Waals surface area contributed by atoms with Gasteiger partial charge in [0, 0.05) is 16.9 Å². The molecule has 2 fully saturated rings. The first-order valence-corrected chi connectivity index (χ1v) is 11.6. The van der Waals surface area contributed by atoms with Gasteiger partial charge in [-0.25, -0.2) is 0 Å². The molecule has 30 heavy (non-hydrogen) atoms. The third kappa shape index (κ3) is 5.96. The van der Waals surface area contributed by atoms with Crippen molar-refractivity contribution in [1.29, 1.82) is 0 Å². The van der Waals surface area contributed by atoms with Crippen LogP contribution in [0.4, 0.5) is 0 Å². The summed E-state index contributed by atoms with van der Waals surface area (Å²) >= 11 is 0. The fraction of sp³-hybridized carbons (Fsp3) is 0.708. The fourth-order valence-corrected chi connectivity index (χ4v) is 4.60. The van der Waals surface area contributed by atoms with Crippen LogP contribution in [0.25, 0.3) is 11.0 Å². The maximum Gasteiger partial charge on any atom is 0.173 e. The zero-order valence-electron chi connectivity index (χ0n) is 18.9. The van der Waals surface area contributed by atoms with Crippen LogP contribution in [0.5, 0.6) is 5.75 Å². The van der Waals surface area contributed by atoms with Crippen molar-refractivity contribution in [3.63, 3.8) is 0 Å². The van der Waals surface area contributed by atoms with E-state index in [9.17, 15) is 5.11 Å². The van der Waals surface area contributed by atoms with Gasteiger partial charge in [0.05, 0.1) is 18.4 Å². The monoisotopic (exact) mass is 417 g/mol. The molecule has 1 saturated carbocycles. The molecule has 1 aromatic carbocycles. The Kier molecular flexibility index (Phi) is 8.97. The highest BCUT2D eigenvalue weighted by molar-refractivity contribution is 5.84. The molecule has 1 saturated heterocycles. The quantitative estimate of drug-likeness (QED) is 0.663. The summed E-state index contributed by atoms with van der Waals surface area (Å²) in [5.74, 6) is 1.88. The molecule has 1 aliphatic heterocycles. The van der Waals surface area contributed by atoms with E-state index in [1.165, 1.54) is 25.7 Å². The van der Waals surface area contributed by atoms with Crippen LogP contribution in [0, 0.1) is 18.8 Å². The van der Waals surface area contributed by atoms with Crippen LogP contribution < -0.4 is 15.4 Å². The maximum absolute atomic E-state index is 10.1. The molecule has 2 aromatic rings. The van der Waals surface area contributed by atoms with E-state index in [-0.39, 0.29) is 12.0 Å². The summed E-state index contributed by atoms with van der Waals surface area (Å²) in [6.45, 7) is 4.89. The number of piperidine rings is 1.